The quantitative estimate of drug-likeness (QED) is 0.0623. The van der Waals surface area contributed by atoms with E-state index in [1.165, 1.54) is 0 Å². The summed E-state index contributed by atoms with van der Waals surface area (Å²) in [5, 5.41) is 93.8. The maximum atomic E-state index is 11.5. The van der Waals surface area contributed by atoms with Gasteiger partial charge in [-0.25, -0.2) is 0 Å². The molecule has 19 unspecified atom stereocenters. The minimum Gasteiger partial charge on any atom is -0.394 e. The number of aliphatic hydroxyl groups excluding tert-OH is 7. The highest BCUT2D eigenvalue weighted by molar-refractivity contribution is 5.14. The van der Waals surface area contributed by atoms with Gasteiger partial charge in [0.1, 0.15) is 54.8 Å². The Kier molecular flexibility index (Phi) is 16.5. The SMILES string of the molecule is [N-]=[N+]=NCC1OC(OC2C(CO)OC(OC3C(O)C(N=[N+]=[N-])CC(N=[N+]=[N-])C3OC3OC(CO)C(OCc4ccccc4)C(O)C3N=[N+]=[N-])C2O)C(N=[N+]=[N-])C(O)C1O. The van der Waals surface area contributed by atoms with Crippen molar-refractivity contribution >= 4 is 0 Å². The van der Waals surface area contributed by atoms with Crippen LogP contribution >= 0.6 is 0 Å². The van der Waals surface area contributed by atoms with Crippen LogP contribution in [0.15, 0.2) is 55.9 Å². The summed E-state index contributed by atoms with van der Waals surface area (Å²) in [5.41, 5.74) is 46.8. The van der Waals surface area contributed by atoms with E-state index in [4.69, 9.17) is 44.2 Å². The fourth-order valence-electron chi connectivity index (χ4n) is 7.24. The molecular formula is C30H41N15O14. The van der Waals surface area contributed by atoms with Crippen molar-refractivity contribution in [3.8, 4) is 0 Å². The lowest BCUT2D eigenvalue weighted by Gasteiger charge is -2.47. The fraction of sp³-hybridized carbons (Fsp3) is 0.800. The molecule has 3 aliphatic heterocycles. The van der Waals surface area contributed by atoms with Crippen LogP contribution < -0.4 is 0 Å². The third-order valence-corrected chi connectivity index (χ3v) is 10.1. The molecule has 29 nitrogen and oxygen atoms in total. The first-order valence-corrected chi connectivity index (χ1v) is 17.9. The zero-order valence-electron chi connectivity index (χ0n) is 30.6. The number of nitrogens with zero attached hydrogens (tertiary/aromatic N) is 15. The van der Waals surface area contributed by atoms with Crippen molar-refractivity contribution in [2.24, 2.45) is 25.6 Å². The van der Waals surface area contributed by atoms with Crippen LogP contribution in [0.1, 0.15) is 12.0 Å². The van der Waals surface area contributed by atoms with E-state index in [0.717, 1.165) is 0 Å². The Morgan fingerprint density at radius 2 is 1.10 bits per heavy atom. The summed E-state index contributed by atoms with van der Waals surface area (Å²) in [6.07, 6.45) is -25.1. The second-order valence-electron chi connectivity index (χ2n) is 13.6. The molecule has 29 heteroatoms. The van der Waals surface area contributed by atoms with Gasteiger partial charge in [-0.3, -0.25) is 0 Å². The van der Waals surface area contributed by atoms with E-state index in [1.807, 2.05) is 0 Å². The van der Waals surface area contributed by atoms with Crippen LogP contribution in [0.25, 0.3) is 52.2 Å². The van der Waals surface area contributed by atoms with Crippen LogP contribution in [0.2, 0.25) is 0 Å². The summed E-state index contributed by atoms with van der Waals surface area (Å²) in [4.78, 5) is 13.6. The van der Waals surface area contributed by atoms with Gasteiger partial charge in [0.15, 0.2) is 18.9 Å². The number of benzene rings is 1. The minimum atomic E-state index is -1.92. The number of hydrogen-bond donors (Lipinski definition) is 7. The second-order valence-corrected chi connectivity index (χ2v) is 13.6. The van der Waals surface area contributed by atoms with Gasteiger partial charge in [0.25, 0.3) is 0 Å². The molecule has 19 atom stereocenters. The predicted octanol–water partition coefficient (Wildman–Crippen LogP) is 0.121. The van der Waals surface area contributed by atoms with Crippen molar-refractivity contribution in [2.75, 3.05) is 19.8 Å². The second kappa shape index (κ2) is 21.5. The summed E-state index contributed by atoms with van der Waals surface area (Å²) in [7, 11) is 0. The van der Waals surface area contributed by atoms with E-state index < -0.39 is 136 Å². The first-order chi connectivity index (χ1) is 28.5. The van der Waals surface area contributed by atoms with Crippen LogP contribution in [-0.2, 0) is 39.8 Å². The van der Waals surface area contributed by atoms with Gasteiger partial charge in [0.05, 0.1) is 69.0 Å². The van der Waals surface area contributed by atoms with Crippen molar-refractivity contribution in [3.05, 3.63) is 88.1 Å². The average Bonchev–Trinajstić information content (AvgIpc) is 3.53. The number of rotatable bonds is 17. The zero-order chi connectivity index (χ0) is 42.6. The summed E-state index contributed by atoms with van der Waals surface area (Å²) in [6, 6.07) is 2.84. The Morgan fingerprint density at radius 1 is 0.559 bits per heavy atom. The third kappa shape index (κ3) is 10.3. The maximum absolute atomic E-state index is 11.5. The van der Waals surface area contributed by atoms with E-state index in [-0.39, 0.29) is 13.0 Å². The van der Waals surface area contributed by atoms with Crippen LogP contribution in [0.5, 0.6) is 0 Å². The van der Waals surface area contributed by atoms with E-state index in [1.54, 1.807) is 30.3 Å². The van der Waals surface area contributed by atoms with Gasteiger partial charge in [0, 0.05) is 24.6 Å². The first-order valence-electron chi connectivity index (χ1n) is 17.9. The Hall–Kier alpha value is -4.79. The predicted molar refractivity (Wildman–Crippen MR) is 190 cm³/mol. The van der Waals surface area contributed by atoms with E-state index in [0.29, 0.717) is 5.56 Å². The molecule has 0 amide bonds. The molecule has 4 fully saturated rings. The molecule has 0 spiro atoms. The van der Waals surface area contributed by atoms with E-state index in [9.17, 15) is 52.3 Å². The molecule has 5 rings (SSSR count). The third-order valence-electron chi connectivity index (χ3n) is 10.1. The molecule has 0 radical (unpaired) electrons. The fourth-order valence-corrected chi connectivity index (χ4v) is 7.24. The molecule has 0 aromatic heterocycles. The van der Waals surface area contributed by atoms with Gasteiger partial charge in [-0.2, -0.15) is 0 Å². The van der Waals surface area contributed by atoms with Crippen molar-refractivity contribution < 1.29 is 68.9 Å². The monoisotopic (exact) mass is 835 g/mol. The molecule has 4 aliphatic rings. The van der Waals surface area contributed by atoms with Gasteiger partial charge < -0.3 is 68.9 Å². The highest BCUT2D eigenvalue weighted by Crippen LogP contribution is 2.38. The lowest BCUT2D eigenvalue weighted by molar-refractivity contribution is -0.314. The summed E-state index contributed by atoms with van der Waals surface area (Å²) >= 11 is 0. The minimum absolute atomic E-state index is 0.0391. The van der Waals surface area contributed by atoms with E-state index in [2.05, 4.69) is 50.1 Å². The number of azide groups is 5. The summed E-state index contributed by atoms with van der Waals surface area (Å²) in [6.45, 7) is -2.13. The van der Waals surface area contributed by atoms with Crippen LogP contribution in [-0.4, -0.2) is 172 Å². The van der Waals surface area contributed by atoms with Gasteiger partial charge in [-0.15, -0.1) is 0 Å². The largest absolute Gasteiger partial charge is 0.394 e. The van der Waals surface area contributed by atoms with Crippen LogP contribution in [0.4, 0.5) is 0 Å². The molecule has 3 saturated heterocycles. The highest BCUT2D eigenvalue weighted by Gasteiger charge is 2.55. The summed E-state index contributed by atoms with van der Waals surface area (Å²) < 4.78 is 41.2. The molecule has 0 bridgehead atoms. The van der Waals surface area contributed by atoms with Crippen molar-refractivity contribution in [3.63, 3.8) is 0 Å². The smallest absolute Gasteiger partial charge is 0.187 e. The molecule has 59 heavy (non-hydrogen) atoms. The molecule has 7 N–H and O–H groups in total. The Bertz CT molecular complexity index is 1800. The molecule has 1 aromatic rings. The Balaban J connectivity index is 1.42. The van der Waals surface area contributed by atoms with Crippen LogP contribution in [0, 0.1) is 0 Å². The van der Waals surface area contributed by atoms with Gasteiger partial charge in [-0.1, -0.05) is 55.9 Å². The van der Waals surface area contributed by atoms with Gasteiger partial charge in [0.2, 0.25) is 0 Å². The van der Waals surface area contributed by atoms with E-state index >= 15 is 0 Å². The van der Waals surface area contributed by atoms with Crippen molar-refractivity contribution in [2.45, 2.75) is 129 Å². The summed E-state index contributed by atoms with van der Waals surface area (Å²) in [5.74, 6) is 0. The lowest BCUT2D eigenvalue weighted by Crippen LogP contribution is -2.63. The van der Waals surface area contributed by atoms with Crippen molar-refractivity contribution in [1.29, 1.82) is 0 Å². The molecule has 1 aliphatic carbocycles. The standard InChI is InChI=1S/C30H41N15O14/c31-41-36-7-14-20(49)21(50)17(39-44-34)28(54-14)58-26-16(9-47)56-30(23(26)52)59-27-19(48)12(37-42-32)6-13(38-43-33)24(27)57-29-18(40-45-35)22(51)25(15(8-46)55-29)53-10-11-4-2-1-3-5-11/h1-5,12-30,46-52H,6-10H2. The van der Waals surface area contributed by atoms with Gasteiger partial charge >= 0.3 is 0 Å². The topological polar surface area (TPSA) is 450 Å². The Morgan fingerprint density at radius 3 is 1.71 bits per heavy atom. The lowest BCUT2D eigenvalue weighted by atomic mass is 9.84. The number of aliphatic hydroxyl groups is 7. The van der Waals surface area contributed by atoms with Gasteiger partial charge in [-0.05, 0) is 39.6 Å². The highest BCUT2D eigenvalue weighted by atomic mass is 16.8. The normalized spacial score (nSPS) is 40.6. The molecular weight excluding hydrogens is 794 g/mol. The first kappa shape index (κ1) is 45.3. The Labute approximate surface area is 331 Å². The zero-order valence-corrected chi connectivity index (χ0v) is 30.6. The molecule has 320 valence electrons. The maximum Gasteiger partial charge on any atom is 0.187 e. The number of ether oxygens (including phenoxy) is 7. The molecule has 3 heterocycles. The average molecular weight is 836 g/mol. The molecule has 1 aromatic carbocycles. The van der Waals surface area contributed by atoms with Crippen molar-refractivity contribution in [1.82, 2.24) is 0 Å². The van der Waals surface area contributed by atoms with Crippen LogP contribution in [0.3, 0.4) is 0 Å². The molecule has 1 saturated carbocycles. The number of hydrogen-bond acceptors (Lipinski definition) is 19.